The Morgan fingerprint density at radius 1 is 0.911 bits per heavy atom. The summed E-state index contributed by atoms with van der Waals surface area (Å²) in [5, 5.41) is 2.30. The maximum absolute atomic E-state index is 16.5. The minimum Gasteiger partial charge on any atom is -0.449 e. The number of alkyl carbamates (subject to hydrolysis) is 1. The van der Waals surface area contributed by atoms with Crippen molar-refractivity contribution < 1.29 is 42.2 Å². The lowest BCUT2D eigenvalue weighted by atomic mass is 9.87. The highest BCUT2D eigenvalue weighted by atomic mass is 19.3. The number of nitrogens with zero attached hydrogens (tertiary/aromatic N) is 1. The molecule has 1 aromatic carbocycles. The van der Waals surface area contributed by atoms with E-state index in [0.717, 1.165) is 0 Å². The van der Waals surface area contributed by atoms with E-state index in [1.165, 1.54) is 13.8 Å². The molecule has 4 atom stereocenters. The van der Waals surface area contributed by atoms with Crippen molar-refractivity contribution in [3.05, 3.63) is 35.9 Å². The topological polar surface area (TPSA) is 171 Å². The molecule has 45 heavy (non-hydrogen) atoms. The second kappa shape index (κ2) is 16.7. The number of carbonyl (C=O) groups is 5. The summed E-state index contributed by atoms with van der Waals surface area (Å²) < 4.78 is 43.5. The maximum Gasteiger partial charge on any atom is 0.417 e. The Hall–Kier alpha value is -3.45. The van der Waals surface area contributed by atoms with Crippen LogP contribution in [0.1, 0.15) is 74.3 Å². The number of ketones is 2. The molecule has 0 bridgehead atoms. The molecule has 13 heteroatoms. The van der Waals surface area contributed by atoms with Crippen LogP contribution in [-0.2, 0) is 30.3 Å². The Kier molecular flexibility index (Phi) is 14.7. The number of Topliss-reactive ketones (excluding diaryl/α,β-unsaturated/α-hetero) is 2. The van der Waals surface area contributed by atoms with Gasteiger partial charge in [0.15, 0.2) is 11.8 Å². The van der Waals surface area contributed by atoms with Crippen molar-refractivity contribution in [2.24, 2.45) is 29.2 Å². The summed E-state index contributed by atoms with van der Waals surface area (Å²) in [4.78, 5) is 67.6. The molecular formula is C32H50F2N4O7. The molecule has 2 unspecified atom stereocenters. The smallest absolute Gasteiger partial charge is 0.417 e. The Morgan fingerprint density at radius 2 is 1.47 bits per heavy atom. The van der Waals surface area contributed by atoms with E-state index >= 15 is 8.78 Å². The van der Waals surface area contributed by atoms with Crippen LogP contribution in [0.25, 0.3) is 0 Å². The summed E-state index contributed by atoms with van der Waals surface area (Å²) in [6.45, 7) is 14.1. The predicted octanol–water partition coefficient (Wildman–Crippen LogP) is 4.24. The predicted molar refractivity (Wildman–Crippen MR) is 165 cm³/mol. The number of hydrogen-bond acceptors (Lipinski definition) is 9. The summed E-state index contributed by atoms with van der Waals surface area (Å²) in [5.74, 6) is -10.7. The van der Waals surface area contributed by atoms with Gasteiger partial charge in [0.25, 0.3) is 0 Å². The van der Waals surface area contributed by atoms with E-state index in [9.17, 15) is 24.0 Å². The van der Waals surface area contributed by atoms with Crippen LogP contribution >= 0.6 is 0 Å². The van der Waals surface area contributed by atoms with E-state index in [4.69, 9.17) is 20.9 Å². The first kappa shape index (κ1) is 39.6. The van der Waals surface area contributed by atoms with Gasteiger partial charge in [-0.15, -0.1) is 0 Å². The average Bonchev–Trinajstić information content (AvgIpc) is 2.91. The fraction of sp³-hybridized carbons (Fsp3) is 0.656. The van der Waals surface area contributed by atoms with Gasteiger partial charge in [0.2, 0.25) is 11.7 Å². The molecule has 0 radical (unpaired) electrons. The number of nitrogens with two attached hydrogens (primary N) is 2. The fourth-order valence-electron chi connectivity index (χ4n) is 4.25. The van der Waals surface area contributed by atoms with Crippen molar-refractivity contribution in [1.29, 1.82) is 0 Å². The molecule has 3 amide bonds. The Balaban J connectivity index is 3.96. The van der Waals surface area contributed by atoms with Crippen LogP contribution in [0.3, 0.4) is 0 Å². The van der Waals surface area contributed by atoms with Gasteiger partial charge in [-0.2, -0.15) is 8.78 Å². The quantitative estimate of drug-likeness (QED) is 0.254. The van der Waals surface area contributed by atoms with Gasteiger partial charge in [-0.3, -0.25) is 14.4 Å². The van der Waals surface area contributed by atoms with E-state index in [2.05, 4.69) is 5.32 Å². The normalized spacial score (nSPS) is 14.8. The Labute approximate surface area is 264 Å². The van der Waals surface area contributed by atoms with Crippen LogP contribution in [0.5, 0.6) is 0 Å². The van der Waals surface area contributed by atoms with E-state index in [0.29, 0.717) is 5.56 Å². The first-order chi connectivity index (χ1) is 20.6. The zero-order valence-corrected chi connectivity index (χ0v) is 27.8. The molecule has 0 saturated heterocycles. The lowest BCUT2D eigenvalue weighted by Crippen LogP contribution is -2.67. The van der Waals surface area contributed by atoms with Gasteiger partial charge < -0.3 is 26.3 Å². The number of benzene rings is 1. The molecule has 0 saturated carbocycles. The van der Waals surface area contributed by atoms with Crippen LogP contribution in [0, 0.1) is 17.8 Å². The largest absolute Gasteiger partial charge is 0.449 e. The molecule has 254 valence electrons. The van der Waals surface area contributed by atoms with Crippen LogP contribution < -0.4 is 16.8 Å². The summed E-state index contributed by atoms with van der Waals surface area (Å²) >= 11 is 0. The van der Waals surface area contributed by atoms with Crippen LogP contribution in [-0.4, -0.2) is 76.9 Å². The van der Waals surface area contributed by atoms with Crippen LogP contribution in [0.4, 0.5) is 18.4 Å². The first-order valence-electron chi connectivity index (χ1n) is 15.1. The number of carbonyl (C=O) groups excluding carboxylic acids is 5. The molecule has 5 N–H and O–H groups in total. The van der Waals surface area contributed by atoms with Crippen LogP contribution in [0.2, 0.25) is 0 Å². The summed E-state index contributed by atoms with van der Waals surface area (Å²) in [6, 6.07) is -0.0225. The molecule has 1 aromatic rings. The van der Waals surface area contributed by atoms with E-state index in [-0.39, 0.29) is 36.2 Å². The van der Waals surface area contributed by atoms with Crippen molar-refractivity contribution >= 4 is 29.7 Å². The SMILES string of the molecule is CC(C)COC(=O)N(C(=O)[C@@H](N)C(C)C)C(C(=O)[C@H](Cc1ccccc1)NC(=O)OC(C)(C)C)C(F)(F)C(=O)C(N)CC(C)C. The zero-order chi connectivity index (χ0) is 34.9. The van der Waals surface area contributed by atoms with Crippen molar-refractivity contribution in [3.8, 4) is 0 Å². The zero-order valence-electron chi connectivity index (χ0n) is 27.8. The van der Waals surface area contributed by atoms with E-state index in [1.54, 1.807) is 78.8 Å². The summed E-state index contributed by atoms with van der Waals surface area (Å²) in [7, 11) is 0. The van der Waals surface area contributed by atoms with Gasteiger partial charge in [-0.25, -0.2) is 14.5 Å². The third-order valence-corrected chi connectivity index (χ3v) is 6.56. The average molecular weight is 641 g/mol. The number of alkyl halides is 2. The van der Waals surface area contributed by atoms with Gasteiger partial charge in [-0.1, -0.05) is 71.9 Å². The Bertz CT molecular complexity index is 1170. The standard InChI is InChI=1S/C32H50F2N4O7/c1-18(2)15-22(35)27(40)32(33,34)26(38(28(41)24(36)20(5)6)30(43)44-17-19(3)4)25(39)23(16-21-13-11-10-12-14-21)37-29(42)45-31(7,8)9/h10-14,18-20,22-24,26H,15-17,35-36H2,1-9H3,(H,37,42)/t22?,23-,24-,26?/m0/s1. The summed E-state index contributed by atoms with van der Waals surface area (Å²) in [6.07, 6.45) is -3.24. The first-order valence-corrected chi connectivity index (χ1v) is 15.1. The molecule has 0 aliphatic rings. The van der Waals surface area contributed by atoms with Crippen LogP contribution in [0.15, 0.2) is 30.3 Å². The monoisotopic (exact) mass is 640 g/mol. The molecule has 0 aromatic heterocycles. The van der Waals surface area contributed by atoms with Crippen molar-refractivity contribution in [2.75, 3.05) is 6.61 Å². The molecule has 0 spiro atoms. The van der Waals surface area contributed by atoms with Gasteiger partial charge >= 0.3 is 18.1 Å². The number of halogens is 2. The minimum atomic E-state index is -4.71. The molecule has 1 rings (SSSR count). The molecular weight excluding hydrogens is 590 g/mol. The third kappa shape index (κ3) is 12.1. The molecule has 11 nitrogen and oxygen atoms in total. The fourth-order valence-corrected chi connectivity index (χ4v) is 4.25. The second-order valence-electron chi connectivity index (χ2n) is 13.4. The highest BCUT2D eigenvalue weighted by Crippen LogP contribution is 2.31. The Morgan fingerprint density at radius 3 is 1.93 bits per heavy atom. The lowest BCUT2D eigenvalue weighted by molar-refractivity contribution is -0.166. The maximum atomic E-state index is 16.5. The highest BCUT2D eigenvalue weighted by Gasteiger charge is 2.59. The molecule has 0 aliphatic carbocycles. The number of amides is 3. The third-order valence-electron chi connectivity index (χ3n) is 6.56. The van der Waals surface area contributed by atoms with Gasteiger partial charge in [0, 0.05) is 0 Å². The number of ether oxygens (including phenoxy) is 2. The van der Waals surface area contributed by atoms with Gasteiger partial charge in [-0.05, 0) is 56.9 Å². The lowest BCUT2D eigenvalue weighted by Gasteiger charge is -2.37. The van der Waals surface area contributed by atoms with E-state index < -0.39 is 71.3 Å². The molecule has 0 heterocycles. The summed E-state index contributed by atoms with van der Waals surface area (Å²) in [5.41, 5.74) is 11.3. The van der Waals surface area contributed by atoms with Crippen molar-refractivity contribution in [2.45, 2.75) is 111 Å². The van der Waals surface area contributed by atoms with Crippen molar-refractivity contribution in [1.82, 2.24) is 10.2 Å². The number of imide groups is 1. The highest BCUT2D eigenvalue weighted by molar-refractivity contribution is 6.07. The van der Waals surface area contributed by atoms with Gasteiger partial charge in [0.1, 0.15) is 5.60 Å². The molecule has 0 fully saturated rings. The number of hydrogen-bond donors (Lipinski definition) is 3. The van der Waals surface area contributed by atoms with Crippen molar-refractivity contribution in [3.63, 3.8) is 0 Å². The van der Waals surface area contributed by atoms with E-state index in [1.807, 2.05) is 0 Å². The molecule has 0 aliphatic heterocycles. The second-order valence-corrected chi connectivity index (χ2v) is 13.4. The minimum absolute atomic E-state index is 0.0792. The van der Waals surface area contributed by atoms with Gasteiger partial charge in [0.05, 0.1) is 24.7 Å². The number of rotatable bonds is 15. The number of nitrogens with one attached hydrogen (secondary N) is 1.